The van der Waals surface area contributed by atoms with Crippen molar-refractivity contribution in [2.45, 2.75) is 18.2 Å². The van der Waals surface area contributed by atoms with E-state index in [1.54, 1.807) is 11.1 Å². The van der Waals surface area contributed by atoms with Gasteiger partial charge < -0.3 is 29.7 Å². The Balaban J connectivity index is 1.11. The average molecular weight is 717 g/mol. The van der Waals surface area contributed by atoms with Crippen LogP contribution in [0.15, 0.2) is 51.4 Å². The molecule has 0 saturated carbocycles. The summed E-state index contributed by atoms with van der Waals surface area (Å²) in [5.41, 5.74) is 1.25. The van der Waals surface area contributed by atoms with E-state index in [2.05, 4.69) is 15.2 Å². The Bertz CT molecular complexity index is 1800. The fraction of sp³-hybridized carbons (Fsp3) is 0.400. The maximum Gasteiger partial charge on any atom is 0.338 e. The van der Waals surface area contributed by atoms with E-state index in [0.29, 0.717) is 72.3 Å². The van der Waals surface area contributed by atoms with Crippen LogP contribution in [-0.2, 0) is 19.1 Å². The highest BCUT2D eigenvalue weighted by molar-refractivity contribution is 7.14. The minimum absolute atomic E-state index is 0.128. The molecule has 48 heavy (non-hydrogen) atoms. The highest BCUT2D eigenvalue weighted by Gasteiger charge is 2.43. The fourth-order valence-corrected chi connectivity index (χ4v) is 8.00. The molecular formula is C30H30ClFN8O6S2. The van der Waals surface area contributed by atoms with Gasteiger partial charge in [-0.25, -0.2) is 28.7 Å². The number of carboxylic acids is 1. The average Bonchev–Trinajstić information content (AvgIpc) is 3.85. The van der Waals surface area contributed by atoms with E-state index in [9.17, 15) is 23.9 Å². The van der Waals surface area contributed by atoms with Crippen molar-refractivity contribution in [2.24, 2.45) is 4.99 Å². The molecule has 2 amide bonds. The summed E-state index contributed by atoms with van der Waals surface area (Å²) in [6.07, 6.45) is 0.724. The number of carboxylic acid groups (broad SMARTS) is 1. The maximum atomic E-state index is 14.0. The number of methoxy groups -OCH3 is 1. The van der Waals surface area contributed by atoms with Crippen LogP contribution in [0.4, 0.5) is 20.1 Å². The van der Waals surface area contributed by atoms with Crippen molar-refractivity contribution in [3.8, 4) is 0 Å². The topological polar surface area (TPSA) is 153 Å². The molecule has 0 bridgehead atoms. The molecule has 3 aromatic rings. The molecule has 6 heterocycles. The number of ether oxygens (including phenoxy) is 2. The number of amides is 2. The lowest BCUT2D eigenvalue weighted by molar-refractivity contribution is -0.150. The number of esters is 1. The number of thiazole rings is 2. The number of halogens is 2. The summed E-state index contributed by atoms with van der Waals surface area (Å²) in [7, 11) is 1.29. The summed E-state index contributed by atoms with van der Waals surface area (Å²) >= 11 is 9.20. The molecule has 0 radical (unpaired) electrons. The summed E-state index contributed by atoms with van der Waals surface area (Å²) in [4.78, 5) is 59.7. The number of aliphatic carboxylic acids is 1. The number of urea groups is 1. The van der Waals surface area contributed by atoms with Gasteiger partial charge >= 0.3 is 18.0 Å². The van der Waals surface area contributed by atoms with Gasteiger partial charge in [-0.15, -0.1) is 22.7 Å². The molecule has 2 aromatic heterocycles. The minimum Gasteiger partial charge on any atom is -0.479 e. The first kappa shape index (κ1) is 32.4. The monoisotopic (exact) mass is 716 g/mol. The van der Waals surface area contributed by atoms with Gasteiger partial charge in [0.25, 0.3) is 0 Å². The van der Waals surface area contributed by atoms with Crippen molar-refractivity contribution in [1.82, 2.24) is 25.1 Å². The summed E-state index contributed by atoms with van der Waals surface area (Å²) in [5.74, 6) is -1.06. The number of benzene rings is 1. The Morgan fingerprint density at radius 2 is 2.06 bits per heavy atom. The molecule has 2 N–H and O–H groups in total. The first-order valence-corrected chi connectivity index (χ1v) is 17.2. The van der Waals surface area contributed by atoms with E-state index in [0.717, 1.165) is 0 Å². The maximum absolute atomic E-state index is 14.0. The SMILES string of the molecule is COC(=O)C1=C(CN2CCN3C(=O)N(c4nc(N5CCOC(C(=O)O)C5)cs4)C[C@@H]3C2)NC(c2nccs2)=N[C@H]1c1ccc(F)cc1Cl. The number of nitrogens with one attached hydrogen (secondary N) is 1. The van der Waals surface area contributed by atoms with E-state index >= 15 is 0 Å². The highest BCUT2D eigenvalue weighted by Crippen LogP contribution is 2.37. The summed E-state index contributed by atoms with van der Waals surface area (Å²) < 4.78 is 24.5. The van der Waals surface area contributed by atoms with Crippen LogP contribution in [0, 0.1) is 5.82 Å². The molecule has 4 aliphatic rings. The van der Waals surface area contributed by atoms with Gasteiger partial charge in [0.2, 0.25) is 0 Å². The number of hydrogen-bond donors (Lipinski definition) is 2. The summed E-state index contributed by atoms with van der Waals surface area (Å²) in [6, 6.07) is 2.83. The normalized spacial score (nSPS) is 23.2. The quantitative estimate of drug-likeness (QED) is 0.331. The van der Waals surface area contributed by atoms with E-state index in [4.69, 9.17) is 31.1 Å². The van der Waals surface area contributed by atoms with Crippen molar-refractivity contribution >= 4 is 69.0 Å². The lowest BCUT2D eigenvalue weighted by Crippen LogP contribution is -2.53. The number of morpholine rings is 1. The number of rotatable bonds is 8. The van der Waals surface area contributed by atoms with Crippen LogP contribution in [0.1, 0.15) is 16.6 Å². The number of aliphatic imine (C=N–C) groups is 1. The lowest BCUT2D eigenvalue weighted by atomic mass is 9.95. The second-order valence-electron chi connectivity index (χ2n) is 11.5. The third-order valence-corrected chi connectivity index (χ3v) is 10.6. The molecule has 14 nitrogen and oxygen atoms in total. The predicted octanol–water partition coefficient (Wildman–Crippen LogP) is 2.83. The number of piperazine rings is 1. The second kappa shape index (κ2) is 13.4. The standard InChI is InChI=1S/C30H30ClFN8O6S2/c1-45-28(43)23-20(34-25(26-33-4-9-47-26)36-24(23)18-3-2-16(32)10-19(18)31)13-37-5-6-39-17(11-37)12-40(30(39)44)29-35-22(15-48-29)38-7-8-46-21(14-38)27(41)42/h2-4,9-10,15,17,21,24H,5-8,11-14H2,1H3,(H,34,36)(H,41,42)/t17-,21?,24-/m0/s1. The van der Waals surface area contributed by atoms with Crippen molar-refractivity contribution in [1.29, 1.82) is 0 Å². The molecule has 7 rings (SSSR count). The zero-order chi connectivity index (χ0) is 33.5. The van der Waals surface area contributed by atoms with Crippen LogP contribution < -0.4 is 15.1 Å². The minimum atomic E-state index is -1.02. The third kappa shape index (κ3) is 6.23. The van der Waals surface area contributed by atoms with Crippen LogP contribution in [0.3, 0.4) is 0 Å². The Morgan fingerprint density at radius 3 is 2.81 bits per heavy atom. The van der Waals surface area contributed by atoms with Gasteiger partial charge in [-0.2, -0.15) is 0 Å². The van der Waals surface area contributed by atoms with Crippen LogP contribution in [-0.4, -0.2) is 120 Å². The van der Waals surface area contributed by atoms with Crippen LogP contribution in [0.2, 0.25) is 5.02 Å². The number of hydrogen-bond acceptors (Lipinski definition) is 13. The van der Waals surface area contributed by atoms with Gasteiger partial charge in [0.1, 0.15) is 17.7 Å². The second-order valence-corrected chi connectivity index (χ2v) is 13.6. The van der Waals surface area contributed by atoms with Gasteiger partial charge in [0.05, 0.1) is 38.4 Å². The predicted molar refractivity (Wildman–Crippen MR) is 176 cm³/mol. The van der Waals surface area contributed by atoms with Crippen molar-refractivity contribution in [2.75, 3.05) is 69.3 Å². The zero-order valence-corrected chi connectivity index (χ0v) is 27.9. The Hall–Kier alpha value is -4.16. The Kier molecular flexibility index (Phi) is 9.04. The van der Waals surface area contributed by atoms with Crippen LogP contribution in [0.25, 0.3) is 0 Å². The molecule has 1 unspecified atom stereocenters. The molecular weight excluding hydrogens is 687 g/mol. The Labute approximate surface area is 287 Å². The number of anilines is 2. The molecule has 4 aliphatic heterocycles. The fourth-order valence-electron chi connectivity index (χ4n) is 6.30. The van der Waals surface area contributed by atoms with Crippen molar-refractivity contribution in [3.05, 3.63) is 67.8 Å². The summed E-state index contributed by atoms with van der Waals surface area (Å²) in [5, 5.41) is 17.6. The molecule has 252 valence electrons. The first-order chi connectivity index (χ1) is 23.2. The van der Waals surface area contributed by atoms with Crippen LogP contribution in [0.5, 0.6) is 0 Å². The largest absolute Gasteiger partial charge is 0.479 e. The number of amidine groups is 1. The first-order valence-electron chi connectivity index (χ1n) is 15.1. The Morgan fingerprint density at radius 1 is 1.21 bits per heavy atom. The van der Waals surface area contributed by atoms with Gasteiger partial charge in [-0.1, -0.05) is 17.7 Å². The van der Waals surface area contributed by atoms with E-state index in [1.807, 2.05) is 20.6 Å². The number of nitrogens with zero attached hydrogens (tertiary/aromatic N) is 7. The molecule has 3 fully saturated rings. The van der Waals surface area contributed by atoms with Crippen molar-refractivity contribution < 1.29 is 33.4 Å². The third-order valence-electron chi connectivity index (χ3n) is 8.62. The van der Waals surface area contributed by atoms with E-state index < -0.39 is 29.9 Å². The smallest absolute Gasteiger partial charge is 0.338 e. The highest BCUT2D eigenvalue weighted by atomic mass is 35.5. The van der Waals surface area contributed by atoms with Crippen LogP contribution >= 0.6 is 34.3 Å². The number of fused-ring (bicyclic) bond motifs is 1. The van der Waals surface area contributed by atoms with Gasteiger partial charge in [-0.3, -0.25) is 14.8 Å². The van der Waals surface area contributed by atoms with E-state index in [1.165, 1.54) is 48.0 Å². The molecule has 18 heteroatoms. The van der Waals surface area contributed by atoms with Gasteiger partial charge in [-0.05, 0) is 12.1 Å². The zero-order valence-electron chi connectivity index (χ0n) is 25.5. The number of aromatic nitrogens is 2. The molecule has 0 spiro atoms. The molecule has 3 atom stereocenters. The van der Waals surface area contributed by atoms with Gasteiger partial charge in [0.15, 0.2) is 22.1 Å². The summed E-state index contributed by atoms with van der Waals surface area (Å²) in [6.45, 7) is 3.21. The molecule has 1 aromatic carbocycles. The van der Waals surface area contributed by atoms with Gasteiger partial charge in [0, 0.05) is 66.0 Å². The molecule has 0 aliphatic carbocycles. The molecule has 3 saturated heterocycles. The van der Waals surface area contributed by atoms with E-state index in [-0.39, 0.29) is 35.8 Å². The lowest BCUT2D eigenvalue weighted by Gasteiger charge is -2.38. The van der Waals surface area contributed by atoms with Crippen molar-refractivity contribution in [3.63, 3.8) is 0 Å². The number of carbonyl (C=O) groups excluding carboxylic acids is 2. The number of carbonyl (C=O) groups is 3.